The summed E-state index contributed by atoms with van der Waals surface area (Å²) in [6.07, 6.45) is 78.3. The molecule has 0 aromatic rings. The molecule has 5 unspecified atom stereocenters. The Bertz CT molecular complexity index is 2260. The summed E-state index contributed by atoms with van der Waals surface area (Å²) in [6, 6.07) is 0. The van der Waals surface area contributed by atoms with Gasteiger partial charge in [0.2, 0.25) is 0 Å². The van der Waals surface area contributed by atoms with Gasteiger partial charge in [-0.25, -0.2) is 9.13 Å². The zero-order valence-corrected chi connectivity index (χ0v) is 66.6. The minimum absolute atomic E-state index is 0.0786. The van der Waals surface area contributed by atoms with E-state index in [2.05, 4.69) is 113 Å². The third kappa shape index (κ3) is 74.5. The highest BCUT2D eigenvalue weighted by atomic mass is 31.2. The molecule has 0 aliphatic rings. The summed E-state index contributed by atoms with van der Waals surface area (Å²) in [4.78, 5) is 73.1. The van der Waals surface area contributed by atoms with Crippen LogP contribution in [0.3, 0.4) is 0 Å². The first kappa shape index (κ1) is 98.2. The molecule has 0 bridgehead atoms. The molecule has 0 aliphatic carbocycles. The number of ether oxygens (including phenoxy) is 4. The van der Waals surface area contributed by atoms with E-state index in [4.69, 9.17) is 37.0 Å². The first-order chi connectivity index (χ1) is 49.7. The Morgan fingerprint density at radius 1 is 0.275 bits per heavy atom. The average molecular weight is 1480 g/mol. The Balaban J connectivity index is 5.37. The third-order valence-electron chi connectivity index (χ3n) is 17.3. The number of aliphatic hydroxyl groups is 1. The van der Waals surface area contributed by atoms with Crippen LogP contribution < -0.4 is 0 Å². The van der Waals surface area contributed by atoms with Crippen molar-refractivity contribution in [3.05, 3.63) is 85.1 Å². The van der Waals surface area contributed by atoms with Gasteiger partial charge in [0.1, 0.15) is 19.3 Å². The summed E-state index contributed by atoms with van der Waals surface area (Å²) < 4.78 is 68.7. The van der Waals surface area contributed by atoms with Crippen LogP contribution in [0.1, 0.15) is 362 Å². The molecule has 0 saturated carbocycles. The van der Waals surface area contributed by atoms with Crippen molar-refractivity contribution in [2.75, 3.05) is 39.6 Å². The monoisotopic (exact) mass is 1480 g/mol. The number of allylic oxidation sites excluding steroid dienone is 14. The van der Waals surface area contributed by atoms with Crippen molar-refractivity contribution in [3.63, 3.8) is 0 Å². The fourth-order valence-corrected chi connectivity index (χ4v) is 12.6. The van der Waals surface area contributed by atoms with Gasteiger partial charge in [-0.3, -0.25) is 37.3 Å². The molecule has 0 aromatic heterocycles. The van der Waals surface area contributed by atoms with E-state index >= 15 is 0 Å². The Kier molecular flexibility index (Phi) is 72.7. The number of phosphoric acid groups is 2. The molecule has 0 amide bonds. The summed E-state index contributed by atoms with van der Waals surface area (Å²) in [5.74, 6) is -2.20. The van der Waals surface area contributed by atoms with Crippen LogP contribution in [0.2, 0.25) is 0 Å². The molecule has 0 heterocycles. The van der Waals surface area contributed by atoms with E-state index in [1.165, 1.54) is 83.5 Å². The zero-order valence-electron chi connectivity index (χ0n) is 64.8. The molecule has 0 spiro atoms. The van der Waals surface area contributed by atoms with Crippen molar-refractivity contribution in [2.45, 2.75) is 380 Å². The molecule has 17 nitrogen and oxygen atoms in total. The van der Waals surface area contributed by atoms with Gasteiger partial charge in [0.05, 0.1) is 26.4 Å². The summed E-state index contributed by atoms with van der Waals surface area (Å²) >= 11 is 0. The SMILES string of the molecule is CCCCCC=CCC=CCCCCCCCCCC(=O)OCC(COP(=O)(O)OCC(O)COP(=O)(O)OCC(COC(=O)CCCCCCCC=CCC=CCCCCC)OC(=O)CCCCCCCCCC=CCCCCCC)OC(=O)CCCCCCCC=CCC=CCCCCC. The summed E-state index contributed by atoms with van der Waals surface area (Å²) in [5.41, 5.74) is 0. The van der Waals surface area contributed by atoms with Crippen molar-refractivity contribution in [2.24, 2.45) is 0 Å². The molecule has 0 radical (unpaired) electrons. The summed E-state index contributed by atoms with van der Waals surface area (Å²) in [6.45, 7) is 4.80. The first-order valence-electron chi connectivity index (χ1n) is 40.8. The van der Waals surface area contributed by atoms with E-state index in [0.717, 1.165) is 199 Å². The maximum atomic E-state index is 13.1. The molecular weight excluding hydrogens is 1330 g/mol. The number of hydrogen-bond donors (Lipinski definition) is 3. The van der Waals surface area contributed by atoms with Crippen molar-refractivity contribution >= 4 is 39.5 Å². The van der Waals surface area contributed by atoms with E-state index < -0.39 is 97.5 Å². The second-order valence-corrected chi connectivity index (χ2v) is 30.3. The lowest BCUT2D eigenvalue weighted by Crippen LogP contribution is -2.30. The minimum Gasteiger partial charge on any atom is -0.462 e. The Morgan fingerprint density at radius 3 is 0.755 bits per heavy atom. The molecule has 102 heavy (non-hydrogen) atoms. The molecular formula is C83H148O17P2. The van der Waals surface area contributed by atoms with Gasteiger partial charge in [-0.1, -0.05) is 273 Å². The number of esters is 4. The molecule has 0 fully saturated rings. The normalized spacial score (nSPS) is 14.3. The molecule has 5 atom stereocenters. The standard InChI is InChI=1S/C83H148O17P2/c1-5-9-13-17-21-25-29-33-37-38-42-44-48-52-56-60-64-68-81(86)94-74-79(100-83(88)70-66-62-58-54-50-46-41-36-32-28-24-20-16-12-8-4)76-98-102(91,92)96-72-77(84)71-95-101(89,90)97-75-78(99-82(87)69-65-61-57-53-49-45-40-35-31-27-23-19-15-11-7-3)73-93-80(85)67-63-59-55-51-47-43-39-34-30-26-22-18-14-10-6-2/h21-22,24-28,31,33-34,36-37,39,41,77-79,84H,5-20,23,29-30,32,35,38,40,42-76H2,1-4H3,(H,89,90)(H,91,92). The van der Waals surface area contributed by atoms with Crippen molar-refractivity contribution in [1.82, 2.24) is 0 Å². The summed E-state index contributed by atoms with van der Waals surface area (Å²) in [7, 11) is -9.96. The van der Waals surface area contributed by atoms with Crippen LogP contribution in [-0.4, -0.2) is 96.7 Å². The predicted octanol–water partition coefficient (Wildman–Crippen LogP) is 23.8. The lowest BCUT2D eigenvalue weighted by molar-refractivity contribution is -0.161. The van der Waals surface area contributed by atoms with Gasteiger partial charge in [0, 0.05) is 25.7 Å². The average Bonchev–Trinajstić information content (AvgIpc) is 0.923. The predicted molar refractivity (Wildman–Crippen MR) is 418 cm³/mol. The molecule has 0 aliphatic heterocycles. The Morgan fingerprint density at radius 2 is 0.480 bits per heavy atom. The van der Waals surface area contributed by atoms with Crippen molar-refractivity contribution in [3.8, 4) is 0 Å². The quantitative estimate of drug-likeness (QED) is 0.0169. The highest BCUT2D eigenvalue weighted by Crippen LogP contribution is 2.45. The smallest absolute Gasteiger partial charge is 0.462 e. The van der Waals surface area contributed by atoms with Gasteiger partial charge in [-0.2, -0.15) is 0 Å². The van der Waals surface area contributed by atoms with E-state index in [0.29, 0.717) is 25.7 Å². The molecule has 592 valence electrons. The maximum absolute atomic E-state index is 13.1. The van der Waals surface area contributed by atoms with Crippen LogP contribution in [-0.2, 0) is 65.4 Å². The third-order valence-corrected chi connectivity index (χ3v) is 19.2. The Hall–Kier alpha value is -3.76. The van der Waals surface area contributed by atoms with Gasteiger partial charge in [-0.15, -0.1) is 0 Å². The molecule has 0 rings (SSSR count). The lowest BCUT2D eigenvalue weighted by Gasteiger charge is -2.21. The highest BCUT2D eigenvalue weighted by Gasteiger charge is 2.30. The first-order valence-corrected chi connectivity index (χ1v) is 43.8. The van der Waals surface area contributed by atoms with Crippen molar-refractivity contribution < 1.29 is 80.2 Å². The maximum Gasteiger partial charge on any atom is 0.472 e. The van der Waals surface area contributed by atoms with Crippen LogP contribution >= 0.6 is 15.6 Å². The number of unbranched alkanes of at least 4 members (excludes halogenated alkanes) is 37. The van der Waals surface area contributed by atoms with Gasteiger partial charge in [-0.05, 0) is 148 Å². The summed E-state index contributed by atoms with van der Waals surface area (Å²) in [5, 5.41) is 10.6. The van der Waals surface area contributed by atoms with Crippen LogP contribution in [0.25, 0.3) is 0 Å². The Labute approximate surface area is 621 Å². The topological polar surface area (TPSA) is 237 Å². The van der Waals surface area contributed by atoms with E-state index in [1.807, 2.05) is 0 Å². The van der Waals surface area contributed by atoms with E-state index in [9.17, 15) is 43.2 Å². The van der Waals surface area contributed by atoms with Gasteiger partial charge in [0.25, 0.3) is 0 Å². The largest absolute Gasteiger partial charge is 0.472 e. The molecule has 19 heteroatoms. The second-order valence-electron chi connectivity index (χ2n) is 27.3. The number of phosphoric ester groups is 2. The van der Waals surface area contributed by atoms with Gasteiger partial charge >= 0.3 is 39.5 Å². The van der Waals surface area contributed by atoms with Crippen LogP contribution in [0.4, 0.5) is 0 Å². The number of rotatable bonds is 77. The van der Waals surface area contributed by atoms with Gasteiger partial charge in [0.15, 0.2) is 12.2 Å². The van der Waals surface area contributed by atoms with E-state index in [1.54, 1.807) is 0 Å². The zero-order chi connectivity index (χ0) is 74.6. The van der Waals surface area contributed by atoms with Crippen LogP contribution in [0.5, 0.6) is 0 Å². The minimum atomic E-state index is -4.98. The number of hydrogen-bond acceptors (Lipinski definition) is 15. The second kappa shape index (κ2) is 75.5. The number of aliphatic hydroxyl groups excluding tert-OH is 1. The van der Waals surface area contributed by atoms with E-state index in [-0.39, 0.29) is 25.7 Å². The molecule has 0 saturated heterocycles. The molecule has 0 aromatic carbocycles. The molecule has 3 N–H and O–H groups in total. The number of carbonyl (C=O) groups excluding carboxylic acids is 4. The van der Waals surface area contributed by atoms with Gasteiger partial charge < -0.3 is 33.8 Å². The van der Waals surface area contributed by atoms with Crippen LogP contribution in [0.15, 0.2) is 85.1 Å². The van der Waals surface area contributed by atoms with Crippen molar-refractivity contribution in [1.29, 1.82) is 0 Å². The number of carbonyl (C=O) groups is 4. The fourth-order valence-electron chi connectivity index (χ4n) is 11.0. The highest BCUT2D eigenvalue weighted by molar-refractivity contribution is 7.47. The lowest BCUT2D eigenvalue weighted by atomic mass is 10.1. The van der Waals surface area contributed by atoms with Crippen LogP contribution in [0, 0.1) is 0 Å². The fraction of sp³-hybridized carbons (Fsp3) is 0.783.